The summed E-state index contributed by atoms with van der Waals surface area (Å²) in [6.45, 7) is 3.56. The minimum Gasteiger partial charge on any atom is -0.483 e. The minimum absolute atomic E-state index is 0.251. The minimum atomic E-state index is -0.364. The van der Waals surface area contributed by atoms with Gasteiger partial charge in [-0.2, -0.15) is 0 Å². The second kappa shape index (κ2) is 9.26. The van der Waals surface area contributed by atoms with Crippen LogP contribution in [0, 0.1) is 13.8 Å². The van der Waals surface area contributed by atoms with Gasteiger partial charge in [0.05, 0.1) is 16.3 Å². The van der Waals surface area contributed by atoms with Crippen LogP contribution in [0.15, 0.2) is 66.7 Å². The van der Waals surface area contributed by atoms with Gasteiger partial charge in [0.2, 0.25) is 0 Å². The molecule has 2 N–H and O–H groups in total. The van der Waals surface area contributed by atoms with Gasteiger partial charge in [0.1, 0.15) is 5.75 Å². The van der Waals surface area contributed by atoms with Crippen LogP contribution in [0.3, 0.4) is 0 Å². The van der Waals surface area contributed by atoms with Gasteiger partial charge in [0.15, 0.2) is 6.61 Å². The summed E-state index contributed by atoms with van der Waals surface area (Å²) in [4.78, 5) is 24.9. The van der Waals surface area contributed by atoms with E-state index in [0.717, 1.165) is 11.1 Å². The molecule has 6 heteroatoms. The average molecular weight is 409 g/mol. The molecule has 0 aliphatic carbocycles. The lowest BCUT2D eigenvalue weighted by Crippen LogP contribution is -2.22. The lowest BCUT2D eigenvalue weighted by atomic mass is 10.1. The second-order valence-corrected chi connectivity index (χ2v) is 7.00. The molecule has 148 valence electrons. The predicted molar refractivity (Wildman–Crippen MR) is 116 cm³/mol. The van der Waals surface area contributed by atoms with Crippen molar-refractivity contribution in [2.45, 2.75) is 13.8 Å². The first kappa shape index (κ1) is 20.4. The lowest BCUT2D eigenvalue weighted by molar-refractivity contribution is -0.118. The van der Waals surface area contributed by atoms with E-state index in [1.54, 1.807) is 42.5 Å². The summed E-state index contributed by atoms with van der Waals surface area (Å²) < 4.78 is 5.62. The van der Waals surface area contributed by atoms with Crippen LogP contribution < -0.4 is 15.4 Å². The van der Waals surface area contributed by atoms with Crippen LogP contribution in [0.25, 0.3) is 0 Å². The first-order chi connectivity index (χ1) is 13.9. The van der Waals surface area contributed by atoms with Gasteiger partial charge in [0, 0.05) is 5.69 Å². The molecule has 0 saturated heterocycles. The van der Waals surface area contributed by atoms with Crippen molar-refractivity contribution >= 4 is 34.8 Å². The molecule has 2 amide bonds. The Morgan fingerprint density at radius 2 is 1.62 bits per heavy atom. The van der Waals surface area contributed by atoms with Gasteiger partial charge >= 0.3 is 0 Å². The van der Waals surface area contributed by atoms with Crippen molar-refractivity contribution in [1.82, 2.24) is 0 Å². The third kappa shape index (κ3) is 5.36. The third-order valence-corrected chi connectivity index (χ3v) is 4.52. The van der Waals surface area contributed by atoms with E-state index in [4.69, 9.17) is 16.3 Å². The zero-order chi connectivity index (χ0) is 20.8. The van der Waals surface area contributed by atoms with E-state index < -0.39 is 0 Å². The molecule has 0 fully saturated rings. The number of nitrogens with one attached hydrogen (secondary N) is 2. The molecule has 3 aromatic rings. The maximum Gasteiger partial charge on any atom is 0.262 e. The molecule has 3 rings (SSSR count). The number of para-hydroxylation sites is 2. The topological polar surface area (TPSA) is 67.4 Å². The van der Waals surface area contributed by atoms with Crippen molar-refractivity contribution in [3.05, 3.63) is 88.4 Å². The number of carbonyl (C=O) groups excluding carboxylic acids is 2. The molecule has 0 aliphatic heterocycles. The summed E-state index contributed by atoms with van der Waals surface area (Å²) in [6, 6.07) is 19.6. The van der Waals surface area contributed by atoms with E-state index in [9.17, 15) is 9.59 Å². The Balaban J connectivity index is 1.67. The number of halogens is 1. The van der Waals surface area contributed by atoms with Crippen molar-refractivity contribution in [2.75, 3.05) is 17.2 Å². The Labute approximate surface area is 174 Å². The van der Waals surface area contributed by atoms with Gasteiger partial charge in [-0.25, -0.2) is 0 Å². The number of rotatable bonds is 6. The maximum atomic E-state index is 12.6. The molecule has 0 heterocycles. The van der Waals surface area contributed by atoms with Gasteiger partial charge in [-0.15, -0.1) is 0 Å². The zero-order valence-electron chi connectivity index (χ0n) is 16.2. The van der Waals surface area contributed by atoms with E-state index in [2.05, 4.69) is 10.6 Å². The number of ether oxygens (including phenoxy) is 1. The number of amides is 2. The Morgan fingerprint density at radius 3 is 2.34 bits per heavy atom. The standard InChI is InChI=1S/C23H21ClN2O3/c1-15-12-16(2)22(19(24)13-15)26-21(27)14-29-20-11-7-6-10-18(20)23(28)25-17-8-4-3-5-9-17/h3-13H,14H2,1-2H3,(H,25,28)(H,26,27). The number of anilines is 2. The van der Waals surface area contributed by atoms with Crippen LogP contribution in [0.5, 0.6) is 5.75 Å². The van der Waals surface area contributed by atoms with Crippen molar-refractivity contribution < 1.29 is 14.3 Å². The van der Waals surface area contributed by atoms with Crippen molar-refractivity contribution in [1.29, 1.82) is 0 Å². The van der Waals surface area contributed by atoms with Crippen molar-refractivity contribution in [2.24, 2.45) is 0 Å². The van der Waals surface area contributed by atoms with E-state index in [0.29, 0.717) is 27.7 Å². The van der Waals surface area contributed by atoms with Crippen LogP contribution >= 0.6 is 11.6 Å². The molecule has 3 aromatic carbocycles. The smallest absolute Gasteiger partial charge is 0.262 e. The van der Waals surface area contributed by atoms with E-state index in [-0.39, 0.29) is 18.4 Å². The first-order valence-electron chi connectivity index (χ1n) is 9.09. The van der Waals surface area contributed by atoms with E-state index in [1.807, 2.05) is 38.1 Å². The highest BCUT2D eigenvalue weighted by molar-refractivity contribution is 6.34. The number of benzene rings is 3. The summed E-state index contributed by atoms with van der Waals surface area (Å²) in [5.74, 6) is -0.357. The predicted octanol–water partition coefficient (Wildman–Crippen LogP) is 5.23. The normalized spacial score (nSPS) is 10.3. The quantitative estimate of drug-likeness (QED) is 0.587. The van der Waals surface area contributed by atoms with Gasteiger partial charge in [-0.3, -0.25) is 9.59 Å². The van der Waals surface area contributed by atoms with Gasteiger partial charge in [0.25, 0.3) is 11.8 Å². The van der Waals surface area contributed by atoms with Crippen LogP contribution in [0.2, 0.25) is 5.02 Å². The number of hydrogen-bond donors (Lipinski definition) is 2. The zero-order valence-corrected chi connectivity index (χ0v) is 16.9. The molecule has 5 nitrogen and oxygen atoms in total. The number of carbonyl (C=O) groups is 2. The molecule has 0 radical (unpaired) electrons. The highest BCUT2D eigenvalue weighted by atomic mass is 35.5. The molecule has 0 aromatic heterocycles. The molecular weight excluding hydrogens is 388 g/mol. The fraction of sp³-hybridized carbons (Fsp3) is 0.130. The molecule has 0 aliphatic rings. The van der Waals surface area contributed by atoms with Crippen LogP contribution in [-0.2, 0) is 4.79 Å². The highest BCUT2D eigenvalue weighted by Gasteiger charge is 2.15. The third-order valence-electron chi connectivity index (χ3n) is 4.22. The van der Waals surface area contributed by atoms with Gasteiger partial charge in [-0.1, -0.05) is 48.0 Å². The fourth-order valence-electron chi connectivity index (χ4n) is 2.89. The fourth-order valence-corrected chi connectivity index (χ4v) is 3.26. The van der Waals surface area contributed by atoms with E-state index in [1.165, 1.54) is 0 Å². The SMILES string of the molecule is Cc1cc(C)c(NC(=O)COc2ccccc2C(=O)Nc2ccccc2)c(Cl)c1. The molecule has 29 heavy (non-hydrogen) atoms. The first-order valence-corrected chi connectivity index (χ1v) is 9.46. The van der Waals surface area contributed by atoms with Crippen LogP contribution in [0.1, 0.15) is 21.5 Å². The molecular formula is C23H21ClN2O3. The summed E-state index contributed by atoms with van der Waals surface area (Å²) in [5.41, 5.74) is 3.45. The molecule has 0 saturated carbocycles. The Bertz CT molecular complexity index is 1010. The maximum absolute atomic E-state index is 12.6. The lowest BCUT2D eigenvalue weighted by Gasteiger charge is -2.14. The average Bonchev–Trinajstić information content (AvgIpc) is 2.70. The van der Waals surface area contributed by atoms with Crippen LogP contribution in [-0.4, -0.2) is 18.4 Å². The molecule has 0 bridgehead atoms. The Morgan fingerprint density at radius 1 is 0.931 bits per heavy atom. The van der Waals surface area contributed by atoms with Crippen molar-refractivity contribution in [3.8, 4) is 5.75 Å². The summed E-state index contributed by atoms with van der Waals surface area (Å²) in [6.07, 6.45) is 0. The molecule has 0 atom stereocenters. The highest BCUT2D eigenvalue weighted by Crippen LogP contribution is 2.27. The molecule has 0 spiro atoms. The molecule has 0 unspecified atom stereocenters. The summed E-state index contributed by atoms with van der Waals surface area (Å²) in [5, 5.41) is 6.05. The Kier molecular flexibility index (Phi) is 6.52. The number of aryl methyl sites for hydroxylation is 2. The van der Waals surface area contributed by atoms with Gasteiger partial charge in [-0.05, 0) is 55.3 Å². The summed E-state index contributed by atoms with van der Waals surface area (Å²) >= 11 is 6.23. The number of hydrogen-bond acceptors (Lipinski definition) is 3. The second-order valence-electron chi connectivity index (χ2n) is 6.59. The Hall–Kier alpha value is -3.31. The van der Waals surface area contributed by atoms with E-state index >= 15 is 0 Å². The van der Waals surface area contributed by atoms with Crippen molar-refractivity contribution in [3.63, 3.8) is 0 Å². The summed E-state index contributed by atoms with van der Waals surface area (Å²) in [7, 11) is 0. The van der Waals surface area contributed by atoms with Crippen LogP contribution in [0.4, 0.5) is 11.4 Å². The largest absolute Gasteiger partial charge is 0.483 e. The monoisotopic (exact) mass is 408 g/mol. The van der Waals surface area contributed by atoms with Gasteiger partial charge < -0.3 is 15.4 Å².